The van der Waals surface area contributed by atoms with Crippen molar-refractivity contribution in [2.24, 2.45) is 12.5 Å². The molecule has 0 fully saturated rings. The zero-order chi connectivity index (χ0) is 19.0. The third-order valence-corrected chi connectivity index (χ3v) is 5.22. The summed E-state index contributed by atoms with van der Waals surface area (Å²) in [6, 6.07) is 3.61. The van der Waals surface area contributed by atoms with Crippen molar-refractivity contribution in [3.8, 4) is 0 Å². The Hall–Kier alpha value is -2.13. The Balaban J connectivity index is 2.35. The third-order valence-electron chi connectivity index (χ3n) is 3.19. The summed E-state index contributed by atoms with van der Waals surface area (Å²) in [6.45, 7) is 5.92. The van der Waals surface area contributed by atoms with Crippen LogP contribution in [0.2, 0.25) is 5.02 Å². The first-order valence-electron chi connectivity index (χ1n) is 7.26. The Kier molecular flexibility index (Phi) is 5.10. The van der Waals surface area contributed by atoms with Gasteiger partial charge in [0.1, 0.15) is 0 Å². The SMILES string of the molecule is Cn1c(S(=O)(=O)c2ccc(C(=O)OCC(C)(C)C)c(Cl)c2)n[nH]c1=O. The molecule has 25 heavy (non-hydrogen) atoms. The van der Waals surface area contributed by atoms with Gasteiger partial charge in [0.05, 0.1) is 22.1 Å². The van der Waals surface area contributed by atoms with Crippen LogP contribution in [0.25, 0.3) is 0 Å². The van der Waals surface area contributed by atoms with Crippen molar-refractivity contribution in [1.29, 1.82) is 0 Å². The molecule has 0 saturated heterocycles. The molecule has 1 aromatic carbocycles. The number of nitrogens with one attached hydrogen (secondary N) is 1. The van der Waals surface area contributed by atoms with E-state index in [0.29, 0.717) is 0 Å². The molecule has 2 rings (SSSR count). The number of sulfone groups is 1. The van der Waals surface area contributed by atoms with Gasteiger partial charge in [-0.15, -0.1) is 5.10 Å². The van der Waals surface area contributed by atoms with Crippen LogP contribution in [0.15, 0.2) is 33.0 Å². The minimum atomic E-state index is -4.07. The number of halogens is 1. The Bertz CT molecular complexity index is 970. The maximum atomic E-state index is 12.5. The minimum absolute atomic E-state index is 0.0563. The number of hydrogen-bond acceptors (Lipinski definition) is 6. The lowest BCUT2D eigenvalue weighted by atomic mass is 9.99. The lowest BCUT2D eigenvalue weighted by molar-refractivity contribution is 0.0367. The molecule has 0 saturated carbocycles. The molecule has 0 amide bonds. The predicted molar refractivity (Wildman–Crippen MR) is 90.5 cm³/mol. The first-order valence-corrected chi connectivity index (χ1v) is 9.13. The van der Waals surface area contributed by atoms with Crippen LogP contribution >= 0.6 is 11.6 Å². The molecule has 10 heteroatoms. The number of aromatic amines is 1. The number of H-pyrrole nitrogens is 1. The normalized spacial score (nSPS) is 12.2. The molecule has 1 N–H and O–H groups in total. The molecule has 0 aliphatic carbocycles. The third kappa shape index (κ3) is 4.10. The highest BCUT2D eigenvalue weighted by Crippen LogP contribution is 2.25. The van der Waals surface area contributed by atoms with Gasteiger partial charge in [-0.1, -0.05) is 32.4 Å². The van der Waals surface area contributed by atoms with Gasteiger partial charge in [-0.05, 0) is 23.6 Å². The largest absolute Gasteiger partial charge is 0.461 e. The van der Waals surface area contributed by atoms with Crippen LogP contribution in [-0.4, -0.2) is 35.8 Å². The summed E-state index contributed by atoms with van der Waals surface area (Å²) >= 11 is 6.05. The molecule has 0 radical (unpaired) electrons. The van der Waals surface area contributed by atoms with E-state index >= 15 is 0 Å². The fraction of sp³-hybridized carbons (Fsp3) is 0.400. The van der Waals surface area contributed by atoms with Crippen LogP contribution in [0, 0.1) is 5.41 Å². The highest BCUT2D eigenvalue weighted by Gasteiger charge is 2.26. The monoisotopic (exact) mass is 387 g/mol. The van der Waals surface area contributed by atoms with Gasteiger partial charge >= 0.3 is 11.7 Å². The number of esters is 1. The Morgan fingerprint density at radius 1 is 1.36 bits per heavy atom. The zero-order valence-corrected chi connectivity index (χ0v) is 15.7. The van der Waals surface area contributed by atoms with E-state index in [1.165, 1.54) is 19.2 Å². The lowest BCUT2D eigenvalue weighted by Gasteiger charge is -2.18. The van der Waals surface area contributed by atoms with Crippen LogP contribution in [0.1, 0.15) is 31.1 Å². The lowest BCUT2D eigenvalue weighted by Crippen LogP contribution is -2.19. The van der Waals surface area contributed by atoms with E-state index in [1.54, 1.807) is 0 Å². The summed E-state index contributed by atoms with van der Waals surface area (Å²) in [7, 11) is -2.79. The van der Waals surface area contributed by atoms with Crippen molar-refractivity contribution in [2.45, 2.75) is 30.8 Å². The molecule has 136 valence electrons. The second-order valence-corrected chi connectivity index (χ2v) is 8.90. The van der Waals surface area contributed by atoms with Crippen molar-refractivity contribution < 1.29 is 17.9 Å². The van der Waals surface area contributed by atoms with Crippen LogP contribution in [0.4, 0.5) is 0 Å². The van der Waals surface area contributed by atoms with E-state index in [0.717, 1.165) is 10.6 Å². The Morgan fingerprint density at radius 3 is 2.48 bits per heavy atom. The molecule has 1 heterocycles. The number of hydrogen-bond donors (Lipinski definition) is 1. The summed E-state index contributed by atoms with van der Waals surface area (Å²) in [6.07, 6.45) is 0. The van der Waals surface area contributed by atoms with Gasteiger partial charge in [0, 0.05) is 7.05 Å². The van der Waals surface area contributed by atoms with E-state index in [2.05, 4.69) is 10.2 Å². The molecule has 0 unspecified atom stereocenters. The molecule has 0 atom stereocenters. The van der Waals surface area contributed by atoms with Gasteiger partial charge in [-0.3, -0.25) is 4.57 Å². The van der Waals surface area contributed by atoms with E-state index in [9.17, 15) is 18.0 Å². The second-order valence-electron chi connectivity index (χ2n) is 6.65. The highest BCUT2D eigenvalue weighted by atomic mass is 35.5. The number of nitrogens with zero attached hydrogens (tertiary/aromatic N) is 2. The smallest absolute Gasteiger partial charge is 0.343 e. The molecular formula is C15H18ClN3O5S. The molecule has 0 aliphatic heterocycles. The fourth-order valence-corrected chi connectivity index (χ4v) is 3.53. The Morgan fingerprint density at radius 2 is 2.00 bits per heavy atom. The Labute approximate surface area is 149 Å². The standard InChI is InChI=1S/C15H18ClN3O5S/c1-15(2,3)8-24-12(20)10-6-5-9(7-11(10)16)25(22,23)14-18-17-13(21)19(14)4/h5-7H,8H2,1-4H3,(H,17,21). The summed E-state index contributed by atoms with van der Waals surface area (Å²) in [5.74, 6) is -0.643. The van der Waals surface area contributed by atoms with Gasteiger partial charge in [0.15, 0.2) is 0 Å². The zero-order valence-electron chi connectivity index (χ0n) is 14.2. The number of ether oxygens (including phenoxy) is 1. The topological polar surface area (TPSA) is 111 Å². The summed E-state index contributed by atoms with van der Waals surface area (Å²) < 4.78 is 31.1. The molecule has 0 aliphatic rings. The molecule has 0 spiro atoms. The number of benzene rings is 1. The van der Waals surface area contributed by atoms with Crippen molar-refractivity contribution >= 4 is 27.4 Å². The maximum Gasteiger partial charge on any atom is 0.343 e. The van der Waals surface area contributed by atoms with Gasteiger partial charge in [-0.2, -0.15) is 0 Å². The van der Waals surface area contributed by atoms with Crippen LogP contribution < -0.4 is 5.69 Å². The van der Waals surface area contributed by atoms with Crippen molar-refractivity contribution in [2.75, 3.05) is 6.61 Å². The molecule has 2 aromatic rings. The van der Waals surface area contributed by atoms with E-state index in [1.807, 2.05) is 20.8 Å². The van der Waals surface area contributed by atoms with E-state index in [-0.39, 0.29) is 27.5 Å². The fourth-order valence-electron chi connectivity index (χ4n) is 1.87. The summed E-state index contributed by atoms with van der Waals surface area (Å²) in [4.78, 5) is 23.3. The quantitative estimate of drug-likeness (QED) is 0.800. The molecule has 1 aromatic heterocycles. The van der Waals surface area contributed by atoms with E-state index < -0.39 is 26.7 Å². The van der Waals surface area contributed by atoms with Gasteiger partial charge < -0.3 is 4.74 Å². The van der Waals surface area contributed by atoms with Crippen LogP contribution in [0.5, 0.6) is 0 Å². The van der Waals surface area contributed by atoms with Gasteiger partial charge in [-0.25, -0.2) is 23.1 Å². The highest BCUT2D eigenvalue weighted by molar-refractivity contribution is 7.91. The number of aromatic nitrogens is 3. The van der Waals surface area contributed by atoms with Crippen molar-refractivity contribution in [1.82, 2.24) is 14.8 Å². The number of carbonyl (C=O) groups excluding carboxylic acids is 1. The van der Waals surface area contributed by atoms with Crippen LogP contribution in [0.3, 0.4) is 0 Å². The predicted octanol–water partition coefficient (Wildman–Crippen LogP) is 1.80. The van der Waals surface area contributed by atoms with Crippen LogP contribution in [-0.2, 0) is 21.6 Å². The first kappa shape index (κ1) is 19.2. The number of rotatable bonds is 4. The van der Waals surface area contributed by atoms with E-state index in [4.69, 9.17) is 16.3 Å². The van der Waals surface area contributed by atoms with Crippen molar-refractivity contribution in [3.63, 3.8) is 0 Å². The summed E-state index contributed by atoms with van der Waals surface area (Å²) in [5, 5.41) is 5.05. The number of carbonyl (C=O) groups is 1. The van der Waals surface area contributed by atoms with Gasteiger partial charge in [0.2, 0.25) is 9.84 Å². The molecular weight excluding hydrogens is 370 g/mol. The average Bonchev–Trinajstić information content (AvgIpc) is 2.84. The molecule has 0 bridgehead atoms. The molecule has 8 nitrogen and oxygen atoms in total. The summed E-state index contributed by atoms with van der Waals surface area (Å²) in [5.41, 5.74) is -0.816. The van der Waals surface area contributed by atoms with Crippen molar-refractivity contribution in [3.05, 3.63) is 39.3 Å². The van der Waals surface area contributed by atoms with Gasteiger partial charge in [0.25, 0.3) is 5.16 Å². The first-order chi connectivity index (χ1) is 11.4. The minimum Gasteiger partial charge on any atom is -0.461 e. The average molecular weight is 388 g/mol. The second kappa shape index (κ2) is 6.64. The maximum absolute atomic E-state index is 12.5.